The van der Waals surface area contributed by atoms with Gasteiger partial charge in [0.1, 0.15) is 0 Å². The number of carboxylic acid groups (broad SMARTS) is 1. The molecule has 16 heavy (non-hydrogen) atoms. The molecule has 0 aliphatic heterocycles. The van der Waals surface area contributed by atoms with Crippen molar-refractivity contribution in [2.24, 2.45) is 5.92 Å². The Morgan fingerprint density at radius 1 is 1.44 bits per heavy atom. The molecular weight excluding hydrogens is 208 g/mol. The lowest BCUT2D eigenvalue weighted by molar-refractivity contribution is 0.0684. The summed E-state index contributed by atoms with van der Waals surface area (Å²) in [5.74, 6) is -0.407. The number of ether oxygens (including phenoxy) is 1. The van der Waals surface area contributed by atoms with Crippen molar-refractivity contribution in [1.29, 1.82) is 0 Å². The highest BCUT2D eigenvalue weighted by atomic mass is 16.5. The molecule has 5 heteroatoms. The Labute approximate surface area is 94.5 Å². The van der Waals surface area contributed by atoms with E-state index >= 15 is 0 Å². The van der Waals surface area contributed by atoms with Crippen LogP contribution in [0.2, 0.25) is 0 Å². The van der Waals surface area contributed by atoms with E-state index in [1.807, 2.05) is 0 Å². The zero-order valence-corrected chi connectivity index (χ0v) is 9.51. The maximum atomic E-state index is 10.8. The lowest BCUT2D eigenvalue weighted by Crippen LogP contribution is -2.08. The maximum Gasteiger partial charge on any atom is 0.360 e. The second kappa shape index (κ2) is 6.05. The second-order valence-electron chi connectivity index (χ2n) is 3.90. The fourth-order valence-corrected chi connectivity index (χ4v) is 1.24. The molecule has 88 valence electrons. The van der Waals surface area contributed by atoms with Crippen LogP contribution in [0, 0.1) is 5.92 Å². The molecule has 0 bridgehead atoms. The van der Waals surface area contributed by atoms with Crippen LogP contribution in [0.5, 0.6) is 5.88 Å². The quantitative estimate of drug-likeness (QED) is 0.748. The van der Waals surface area contributed by atoms with E-state index in [2.05, 4.69) is 23.8 Å². The molecule has 0 aliphatic carbocycles. The number of carboxylic acids is 1. The Morgan fingerprint density at radius 3 is 2.75 bits per heavy atom. The average molecular weight is 224 g/mol. The van der Waals surface area contributed by atoms with Crippen LogP contribution in [0.3, 0.4) is 0 Å². The second-order valence-corrected chi connectivity index (χ2v) is 3.90. The van der Waals surface area contributed by atoms with Crippen molar-refractivity contribution < 1.29 is 14.6 Å². The highest BCUT2D eigenvalue weighted by molar-refractivity contribution is 5.87. The van der Waals surface area contributed by atoms with Gasteiger partial charge in [0.15, 0.2) is 0 Å². The van der Waals surface area contributed by atoms with Crippen molar-refractivity contribution in [2.45, 2.75) is 26.7 Å². The number of aromatic carboxylic acids is 1. The Morgan fingerprint density at radius 2 is 2.12 bits per heavy atom. The molecule has 0 aliphatic rings. The van der Waals surface area contributed by atoms with Gasteiger partial charge in [-0.15, -0.1) is 0 Å². The monoisotopic (exact) mass is 224 g/mol. The molecule has 0 radical (unpaired) electrons. The first-order valence-electron chi connectivity index (χ1n) is 5.28. The summed E-state index contributed by atoms with van der Waals surface area (Å²) in [5.41, 5.74) is -0.132. The molecule has 0 unspecified atom stereocenters. The highest BCUT2D eigenvalue weighted by Crippen LogP contribution is 2.12. The van der Waals surface area contributed by atoms with Crippen LogP contribution >= 0.6 is 0 Å². The van der Waals surface area contributed by atoms with E-state index in [0.29, 0.717) is 12.5 Å². The minimum atomic E-state index is -1.12. The molecule has 0 aromatic carbocycles. The largest absolute Gasteiger partial charge is 0.476 e. The molecule has 0 spiro atoms. The minimum Gasteiger partial charge on any atom is -0.476 e. The molecule has 1 aromatic heterocycles. The van der Waals surface area contributed by atoms with Gasteiger partial charge < -0.3 is 9.84 Å². The zero-order chi connectivity index (χ0) is 12.0. The highest BCUT2D eigenvalue weighted by Gasteiger charge is 2.13. The van der Waals surface area contributed by atoms with E-state index in [0.717, 1.165) is 12.8 Å². The summed E-state index contributed by atoms with van der Waals surface area (Å²) in [4.78, 5) is 18.3. The van der Waals surface area contributed by atoms with Gasteiger partial charge in [0.2, 0.25) is 11.6 Å². The number of hydrogen-bond acceptors (Lipinski definition) is 4. The number of carbonyl (C=O) groups is 1. The van der Waals surface area contributed by atoms with Gasteiger partial charge >= 0.3 is 5.97 Å². The van der Waals surface area contributed by atoms with Crippen molar-refractivity contribution in [3.63, 3.8) is 0 Å². The number of rotatable bonds is 6. The van der Waals surface area contributed by atoms with E-state index in [1.54, 1.807) is 0 Å². The Hall–Kier alpha value is -1.65. The van der Waals surface area contributed by atoms with Gasteiger partial charge in [0, 0.05) is 12.4 Å². The molecule has 1 rings (SSSR count). The SMILES string of the molecule is CC(C)CCCOc1nccnc1C(=O)O. The molecule has 1 aromatic rings. The standard InChI is InChI=1S/C11H16N2O3/c1-8(2)4-3-7-16-10-9(11(14)15)12-5-6-13-10/h5-6,8H,3-4,7H2,1-2H3,(H,14,15). The van der Waals surface area contributed by atoms with Crippen LogP contribution < -0.4 is 4.74 Å². The fourth-order valence-electron chi connectivity index (χ4n) is 1.24. The predicted molar refractivity (Wildman–Crippen MR) is 58.6 cm³/mol. The molecule has 0 amide bonds. The molecule has 1 N–H and O–H groups in total. The van der Waals surface area contributed by atoms with Crippen molar-refractivity contribution in [3.05, 3.63) is 18.1 Å². The third-order valence-electron chi connectivity index (χ3n) is 2.03. The summed E-state index contributed by atoms with van der Waals surface area (Å²) in [6, 6.07) is 0. The van der Waals surface area contributed by atoms with E-state index < -0.39 is 5.97 Å². The predicted octanol–water partition coefficient (Wildman–Crippen LogP) is 1.99. The molecule has 0 fully saturated rings. The fraction of sp³-hybridized carbons (Fsp3) is 0.545. The molecular formula is C11H16N2O3. The van der Waals surface area contributed by atoms with Gasteiger partial charge in [0.05, 0.1) is 6.61 Å². The van der Waals surface area contributed by atoms with Crippen molar-refractivity contribution in [1.82, 2.24) is 9.97 Å². The van der Waals surface area contributed by atoms with Crippen LogP contribution in [0.25, 0.3) is 0 Å². The molecule has 1 heterocycles. The van der Waals surface area contributed by atoms with Crippen LogP contribution in [-0.2, 0) is 0 Å². The molecule has 0 saturated carbocycles. The van der Waals surface area contributed by atoms with Gasteiger partial charge in [-0.3, -0.25) is 0 Å². The van der Waals surface area contributed by atoms with E-state index in [9.17, 15) is 4.79 Å². The van der Waals surface area contributed by atoms with Crippen molar-refractivity contribution >= 4 is 5.97 Å². The maximum absolute atomic E-state index is 10.8. The van der Waals surface area contributed by atoms with Crippen LogP contribution in [-0.4, -0.2) is 27.7 Å². The summed E-state index contributed by atoms with van der Waals surface area (Å²) in [5, 5.41) is 8.83. The van der Waals surface area contributed by atoms with Crippen molar-refractivity contribution in [3.8, 4) is 5.88 Å². The molecule has 0 saturated heterocycles. The van der Waals surface area contributed by atoms with E-state index in [-0.39, 0.29) is 11.6 Å². The van der Waals surface area contributed by atoms with Gasteiger partial charge in [-0.25, -0.2) is 14.8 Å². The Bertz CT molecular complexity index is 353. The van der Waals surface area contributed by atoms with Gasteiger partial charge in [0.25, 0.3) is 0 Å². The number of aromatic nitrogens is 2. The lowest BCUT2D eigenvalue weighted by Gasteiger charge is -2.07. The summed E-state index contributed by atoms with van der Waals surface area (Å²) in [6.07, 6.45) is 4.69. The summed E-state index contributed by atoms with van der Waals surface area (Å²) >= 11 is 0. The van der Waals surface area contributed by atoms with Crippen LogP contribution in [0.1, 0.15) is 37.2 Å². The van der Waals surface area contributed by atoms with Crippen LogP contribution in [0.15, 0.2) is 12.4 Å². The van der Waals surface area contributed by atoms with Gasteiger partial charge in [-0.05, 0) is 18.8 Å². The topological polar surface area (TPSA) is 72.3 Å². The first-order valence-corrected chi connectivity index (χ1v) is 5.28. The van der Waals surface area contributed by atoms with Gasteiger partial charge in [-0.1, -0.05) is 13.8 Å². The van der Waals surface area contributed by atoms with E-state index in [1.165, 1.54) is 12.4 Å². The number of nitrogens with zero attached hydrogens (tertiary/aromatic N) is 2. The minimum absolute atomic E-state index is 0.0961. The summed E-state index contributed by atoms with van der Waals surface area (Å²) in [7, 11) is 0. The summed E-state index contributed by atoms with van der Waals surface area (Å²) < 4.78 is 5.29. The van der Waals surface area contributed by atoms with E-state index in [4.69, 9.17) is 9.84 Å². The van der Waals surface area contributed by atoms with Crippen molar-refractivity contribution in [2.75, 3.05) is 6.61 Å². The third kappa shape index (κ3) is 3.84. The average Bonchev–Trinajstić information content (AvgIpc) is 2.24. The summed E-state index contributed by atoms with van der Waals surface area (Å²) in [6.45, 7) is 4.73. The Balaban J connectivity index is 2.50. The van der Waals surface area contributed by atoms with Gasteiger partial charge in [-0.2, -0.15) is 0 Å². The molecule has 0 atom stereocenters. The Kier molecular flexibility index (Phi) is 4.69. The number of hydrogen-bond donors (Lipinski definition) is 1. The lowest BCUT2D eigenvalue weighted by atomic mass is 10.1. The molecule has 5 nitrogen and oxygen atoms in total. The normalized spacial score (nSPS) is 10.4. The zero-order valence-electron chi connectivity index (χ0n) is 9.51. The van der Waals surface area contributed by atoms with Crippen LogP contribution in [0.4, 0.5) is 0 Å². The first-order chi connectivity index (χ1) is 7.61. The first kappa shape index (κ1) is 12.4. The smallest absolute Gasteiger partial charge is 0.360 e. The third-order valence-corrected chi connectivity index (χ3v) is 2.03.